The van der Waals surface area contributed by atoms with Crippen LogP contribution in [0.4, 0.5) is 0 Å². The third-order valence-electron chi connectivity index (χ3n) is 7.83. The van der Waals surface area contributed by atoms with Crippen LogP contribution in [0.3, 0.4) is 0 Å². The van der Waals surface area contributed by atoms with Crippen LogP contribution in [0, 0.1) is 0 Å². The number of aromatic nitrogens is 2. The van der Waals surface area contributed by atoms with Gasteiger partial charge >= 0.3 is 5.66 Å². The van der Waals surface area contributed by atoms with Gasteiger partial charge in [-0.1, -0.05) is 36.4 Å². The lowest BCUT2D eigenvalue weighted by atomic mass is 9.76. The standard InChI is InChI=1S/C28H16N2/c1-3-18-9-5-16-7-11-20-15-21-12-8-17-6-10-19-4-2-14-30-27(19)23(17)25(21)28(30)24(20)22(16)26(18)29(28)13-1/h1-14H,15H2/q+2. The summed E-state index contributed by atoms with van der Waals surface area (Å²) in [6.07, 6.45) is 5.61. The third-order valence-corrected chi connectivity index (χ3v) is 7.83. The van der Waals surface area contributed by atoms with Crippen molar-refractivity contribution in [2.24, 2.45) is 0 Å². The van der Waals surface area contributed by atoms with Crippen LogP contribution in [-0.4, -0.2) is 0 Å². The van der Waals surface area contributed by atoms with Crippen LogP contribution in [0.5, 0.6) is 0 Å². The topological polar surface area (TPSA) is 7.76 Å². The zero-order valence-corrected chi connectivity index (χ0v) is 16.2. The lowest BCUT2D eigenvalue weighted by Crippen LogP contribution is -2.72. The van der Waals surface area contributed by atoms with E-state index in [1.807, 2.05) is 0 Å². The van der Waals surface area contributed by atoms with Crippen LogP contribution in [0.1, 0.15) is 22.3 Å². The highest BCUT2D eigenvalue weighted by atomic mass is 15.3. The Labute approximate surface area is 172 Å². The Hall–Kier alpha value is -3.78. The molecule has 4 aromatic carbocycles. The first kappa shape index (κ1) is 14.2. The summed E-state index contributed by atoms with van der Waals surface area (Å²) in [7, 11) is 0. The van der Waals surface area contributed by atoms with E-state index >= 15 is 0 Å². The first-order valence-electron chi connectivity index (χ1n) is 10.7. The van der Waals surface area contributed by atoms with Gasteiger partial charge in [-0.05, 0) is 52.6 Å². The molecule has 136 valence electrons. The van der Waals surface area contributed by atoms with Crippen LogP contribution in [0.25, 0.3) is 43.4 Å². The number of hydrogen-bond donors (Lipinski definition) is 0. The highest BCUT2D eigenvalue weighted by Crippen LogP contribution is 2.52. The zero-order valence-electron chi connectivity index (χ0n) is 16.2. The van der Waals surface area contributed by atoms with Crippen molar-refractivity contribution in [2.75, 3.05) is 0 Å². The summed E-state index contributed by atoms with van der Waals surface area (Å²) < 4.78 is 5.14. The maximum atomic E-state index is 2.57. The van der Waals surface area contributed by atoms with Gasteiger partial charge in [-0.25, -0.2) is 0 Å². The Balaban J connectivity index is 1.69. The third kappa shape index (κ3) is 1.20. The predicted octanol–water partition coefficient (Wildman–Crippen LogP) is 4.70. The minimum atomic E-state index is -0.325. The van der Waals surface area contributed by atoms with Crippen molar-refractivity contribution in [2.45, 2.75) is 12.1 Å². The summed E-state index contributed by atoms with van der Waals surface area (Å²) in [5.41, 5.74) is 8.32. The Morgan fingerprint density at radius 2 is 1.00 bits per heavy atom. The van der Waals surface area contributed by atoms with Gasteiger partial charge in [0.25, 0.3) is 0 Å². The molecular weight excluding hydrogens is 364 g/mol. The monoisotopic (exact) mass is 380 g/mol. The average molecular weight is 380 g/mol. The first-order valence-corrected chi connectivity index (χ1v) is 10.7. The highest BCUT2D eigenvalue weighted by molar-refractivity contribution is 6.12. The highest BCUT2D eigenvalue weighted by Gasteiger charge is 2.67. The normalized spacial score (nSPS) is 16.1. The fraction of sp³-hybridized carbons (Fsp3) is 0.0714. The molecule has 0 saturated heterocycles. The Morgan fingerprint density at radius 1 is 0.533 bits per heavy atom. The van der Waals surface area contributed by atoms with Gasteiger partial charge in [-0.2, -0.15) is 0 Å². The van der Waals surface area contributed by atoms with Crippen LogP contribution in [0.2, 0.25) is 0 Å². The molecule has 4 heterocycles. The van der Waals surface area contributed by atoms with Gasteiger partial charge in [0, 0.05) is 22.9 Å². The summed E-state index contributed by atoms with van der Waals surface area (Å²) in [6, 6.07) is 27.5. The lowest BCUT2D eigenvalue weighted by Gasteiger charge is -2.26. The number of benzene rings is 4. The van der Waals surface area contributed by atoms with Crippen LogP contribution < -0.4 is 9.13 Å². The minimum Gasteiger partial charge on any atom is -0.125 e. The van der Waals surface area contributed by atoms with Crippen LogP contribution >= 0.6 is 0 Å². The average Bonchev–Trinajstić information content (AvgIpc) is 3.29. The van der Waals surface area contributed by atoms with Gasteiger partial charge in [0.15, 0.2) is 12.4 Å². The van der Waals surface area contributed by atoms with Gasteiger partial charge in [0.2, 0.25) is 11.0 Å². The number of pyridine rings is 2. The van der Waals surface area contributed by atoms with E-state index in [4.69, 9.17) is 0 Å². The number of nitrogens with zero attached hydrogens (tertiary/aromatic N) is 2. The Morgan fingerprint density at radius 3 is 1.53 bits per heavy atom. The summed E-state index contributed by atoms with van der Waals surface area (Å²) >= 11 is 0. The summed E-state index contributed by atoms with van der Waals surface area (Å²) in [6.45, 7) is 0. The van der Waals surface area contributed by atoms with Gasteiger partial charge in [0.1, 0.15) is 11.1 Å². The summed E-state index contributed by atoms with van der Waals surface area (Å²) in [5.74, 6) is 0. The molecule has 2 aromatic heterocycles. The smallest absolute Gasteiger partial charge is 0.125 e. The van der Waals surface area contributed by atoms with Gasteiger partial charge < -0.3 is 0 Å². The molecule has 2 aliphatic heterocycles. The fourth-order valence-corrected chi connectivity index (χ4v) is 6.88. The van der Waals surface area contributed by atoms with E-state index in [9.17, 15) is 0 Å². The van der Waals surface area contributed by atoms with Gasteiger partial charge in [0.05, 0.1) is 10.8 Å². The molecule has 6 aromatic rings. The Kier molecular flexibility index (Phi) is 2.00. The zero-order chi connectivity index (χ0) is 19.2. The van der Waals surface area contributed by atoms with E-state index in [0.29, 0.717) is 0 Å². The van der Waals surface area contributed by atoms with Gasteiger partial charge in [-0.15, -0.1) is 9.13 Å². The summed E-state index contributed by atoms with van der Waals surface area (Å²) in [5, 5.41) is 8.20. The van der Waals surface area contributed by atoms with E-state index in [-0.39, 0.29) is 5.66 Å². The van der Waals surface area contributed by atoms with Crippen LogP contribution in [-0.2, 0) is 12.1 Å². The van der Waals surface area contributed by atoms with E-state index in [1.54, 1.807) is 0 Å². The fourth-order valence-electron chi connectivity index (χ4n) is 6.88. The van der Waals surface area contributed by atoms with E-state index in [2.05, 4.69) is 94.3 Å². The minimum absolute atomic E-state index is 0.325. The molecule has 30 heavy (non-hydrogen) atoms. The molecule has 0 bridgehead atoms. The molecular formula is C28H16N2+2. The quantitative estimate of drug-likeness (QED) is 0.266. The van der Waals surface area contributed by atoms with Crippen molar-refractivity contribution in [1.82, 2.24) is 0 Å². The maximum Gasteiger partial charge on any atom is 0.418 e. The predicted molar refractivity (Wildman–Crippen MR) is 118 cm³/mol. The molecule has 0 atom stereocenters. The molecule has 9 rings (SSSR count). The molecule has 2 nitrogen and oxygen atoms in total. The SMILES string of the molecule is c1cc2ccc3ccc4c5c3c2[n+](c1)C51c2c(ccc3ccc5ccc[n+]1c5c23)C4. The molecule has 3 aliphatic rings. The summed E-state index contributed by atoms with van der Waals surface area (Å²) in [4.78, 5) is 0. The second-order valence-corrected chi connectivity index (χ2v) is 9.01. The van der Waals surface area contributed by atoms with Gasteiger partial charge in [-0.3, -0.25) is 0 Å². The lowest BCUT2D eigenvalue weighted by molar-refractivity contribution is -0.945. The molecule has 0 fully saturated rings. The van der Waals surface area contributed by atoms with Crippen molar-refractivity contribution >= 4 is 43.4 Å². The molecule has 1 aliphatic carbocycles. The van der Waals surface area contributed by atoms with E-state index in [1.165, 1.54) is 65.6 Å². The first-order chi connectivity index (χ1) is 14.9. The van der Waals surface area contributed by atoms with E-state index in [0.717, 1.165) is 6.42 Å². The number of hydrogen-bond acceptors (Lipinski definition) is 0. The van der Waals surface area contributed by atoms with E-state index < -0.39 is 0 Å². The molecule has 0 unspecified atom stereocenters. The second-order valence-electron chi connectivity index (χ2n) is 9.01. The Bertz CT molecular complexity index is 1690. The molecule has 2 heteroatoms. The van der Waals surface area contributed by atoms with Crippen molar-refractivity contribution in [3.8, 4) is 0 Å². The largest absolute Gasteiger partial charge is 0.418 e. The molecule has 0 saturated carbocycles. The van der Waals surface area contributed by atoms with Crippen molar-refractivity contribution in [3.05, 3.63) is 107 Å². The molecule has 0 amide bonds. The molecule has 0 N–H and O–H groups in total. The molecule has 1 spiro atoms. The van der Waals surface area contributed by atoms with Crippen molar-refractivity contribution < 1.29 is 9.13 Å². The van der Waals surface area contributed by atoms with Crippen molar-refractivity contribution in [3.63, 3.8) is 0 Å². The second kappa shape index (κ2) is 4.22. The number of rotatable bonds is 0. The maximum absolute atomic E-state index is 2.57. The van der Waals surface area contributed by atoms with Crippen molar-refractivity contribution in [1.29, 1.82) is 0 Å². The van der Waals surface area contributed by atoms with Crippen LogP contribution in [0.15, 0.2) is 85.2 Å². The molecule has 0 radical (unpaired) electrons.